The maximum absolute atomic E-state index is 12.5. The molecule has 2 rings (SSSR count). The van der Waals surface area contributed by atoms with Gasteiger partial charge < -0.3 is 20.0 Å². The Balaban J connectivity index is 1.89. The van der Waals surface area contributed by atoms with Crippen molar-refractivity contribution in [1.82, 2.24) is 9.80 Å². The van der Waals surface area contributed by atoms with Crippen molar-refractivity contribution < 1.29 is 19.8 Å². The van der Waals surface area contributed by atoms with Crippen molar-refractivity contribution in [3.63, 3.8) is 0 Å². The first kappa shape index (κ1) is 15.1. The summed E-state index contributed by atoms with van der Waals surface area (Å²) in [5.41, 5.74) is -1.16. The monoisotopic (exact) mass is 284 g/mol. The Labute approximate surface area is 119 Å². The van der Waals surface area contributed by atoms with E-state index in [4.69, 9.17) is 5.11 Å². The van der Waals surface area contributed by atoms with Crippen molar-refractivity contribution in [2.75, 3.05) is 19.6 Å². The molecular formula is C14H24N2O4. The van der Waals surface area contributed by atoms with Crippen LogP contribution in [-0.2, 0) is 4.79 Å². The molecule has 6 heteroatoms. The molecular weight excluding hydrogens is 260 g/mol. The lowest BCUT2D eigenvalue weighted by Gasteiger charge is -2.42. The van der Waals surface area contributed by atoms with E-state index in [2.05, 4.69) is 6.92 Å². The van der Waals surface area contributed by atoms with Gasteiger partial charge in [-0.25, -0.2) is 4.79 Å². The number of rotatable bonds is 2. The number of carbonyl (C=O) groups excluding carboxylic acids is 1. The summed E-state index contributed by atoms with van der Waals surface area (Å²) in [5.74, 6) is -0.989. The van der Waals surface area contributed by atoms with E-state index in [0.717, 1.165) is 19.4 Å². The molecule has 0 aliphatic carbocycles. The van der Waals surface area contributed by atoms with Gasteiger partial charge in [0.1, 0.15) is 0 Å². The van der Waals surface area contributed by atoms with E-state index >= 15 is 0 Å². The van der Waals surface area contributed by atoms with Gasteiger partial charge in [-0.1, -0.05) is 0 Å². The van der Waals surface area contributed by atoms with Crippen LogP contribution in [-0.4, -0.2) is 63.3 Å². The Kier molecular flexibility index (Phi) is 4.52. The summed E-state index contributed by atoms with van der Waals surface area (Å²) in [7, 11) is 0. The number of carboxylic acid groups (broad SMARTS) is 1. The van der Waals surface area contributed by atoms with Crippen molar-refractivity contribution >= 4 is 12.0 Å². The highest BCUT2D eigenvalue weighted by Crippen LogP contribution is 2.27. The van der Waals surface area contributed by atoms with E-state index in [1.165, 1.54) is 6.42 Å². The minimum Gasteiger partial charge on any atom is -0.481 e. The summed E-state index contributed by atoms with van der Waals surface area (Å²) in [5, 5.41) is 19.0. The summed E-state index contributed by atoms with van der Waals surface area (Å²) in [6.45, 7) is 3.75. The Bertz CT molecular complexity index is 377. The van der Waals surface area contributed by atoms with Gasteiger partial charge in [0.05, 0.1) is 12.0 Å². The van der Waals surface area contributed by atoms with E-state index in [1.54, 1.807) is 4.90 Å². The lowest BCUT2D eigenvalue weighted by atomic mass is 9.88. The summed E-state index contributed by atoms with van der Waals surface area (Å²) in [6.07, 6.45) is 3.70. The zero-order chi connectivity index (χ0) is 14.8. The first-order chi connectivity index (χ1) is 9.41. The zero-order valence-corrected chi connectivity index (χ0v) is 12.0. The molecule has 6 nitrogen and oxygen atoms in total. The molecule has 2 fully saturated rings. The van der Waals surface area contributed by atoms with Crippen LogP contribution in [0.5, 0.6) is 0 Å². The lowest BCUT2D eigenvalue weighted by molar-refractivity contribution is -0.144. The fourth-order valence-corrected chi connectivity index (χ4v) is 3.14. The van der Waals surface area contributed by atoms with E-state index in [1.807, 2.05) is 4.90 Å². The van der Waals surface area contributed by atoms with Crippen molar-refractivity contribution in [1.29, 1.82) is 0 Å². The quantitative estimate of drug-likeness (QED) is 0.800. The van der Waals surface area contributed by atoms with E-state index in [-0.39, 0.29) is 18.5 Å². The maximum Gasteiger partial charge on any atom is 0.320 e. The van der Waals surface area contributed by atoms with Crippen LogP contribution in [0, 0.1) is 0 Å². The lowest BCUT2D eigenvalue weighted by Crippen LogP contribution is -2.54. The van der Waals surface area contributed by atoms with Crippen molar-refractivity contribution in [2.45, 2.75) is 57.1 Å². The van der Waals surface area contributed by atoms with Crippen molar-refractivity contribution in [2.24, 2.45) is 0 Å². The molecule has 0 bridgehead atoms. The smallest absolute Gasteiger partial charge is 0.320 e. The Hall–Kier alpha value is -1.30. The van der Waals surface area contributed by atoms with Crippen LogP contribution in [0.25, 0.3) is 0 Å². The van der Waals surface area contributed by atoms with Crippen molar-refractivity contribution in [3.8, 4) is 0 Å². The van der Waals surface area contributed by atoms with Gasteiger partial charge in [0.2, 0.25) is 0 Å². The van der Waals surface area contributed by atoms with E-state index < -0.39 is 11.6 Å². The van der Waals surface area contributed by atoms with Gasteiger partial charge in [-0.2, -0.15) is 0 Å². The Morgan fingerprint density at radius 1 is 1.20 bits per heavy atom. The number of hydrogen-bond acceptors (Lipinski definition) is 3. The largest absolute Gasteiger partial charge is 0.481 e. The number of aliphatic hydroxyl groups is 1. The number of likely N-dealkylation sites (tertiary alicyclic amines) is 2. The van der Waals surface area contributed by atoms with Gasteiger partial charge in [0.15, 0.2) is 0 Å². The number of aliphatic carboxylic acids is 1. The van der Waals surface area contributed by atoms with Gasteiger partial charge in [0.25, 0.3) is 0 Å². The zero-order valence-electron chi connectivity index (χ0n) is 12.0. The molecule has 2 saturated heterocycles. The molecule has 114 valence electrons. The predicted octanol–water partition coefficient (Wildman–Crippen LogP) is 1.28. The second-order valence-corrected chi connectivity index (χ2v) is 6.10. The summed E-state index contributed by atoms with van der Waals surface area (Å²) in [6, 6.07) is 0.311. The van der Waals surface area contributed by atoms with E-state index in [9.17, 15) is 14.7 Å². The summed E-state index contributed by atoms with van der Waals surface area (Å²) < 4.78 is 0. The highest BCUT2D eigenvalue weighted by molar-refractivity contribution is 5.75. The third kappa shape index (κ3) is 3.42. The SMILES string of the molecule is CC1CCCCN1C(=O)N1CCC(O)(CC(=O)O)CC1. The molecule has 0 aromatic carbocycles. The summed E-state index contributed by atoms with van der Waals surface area (Å²) in [4.78, 5) is 26.8. The molecule has 0 aromatic rings. The van der Waals surface area contributed by atoms with Gasteiger partial charge in [-0.05, 0) is 39.0 Å². The molecule has 0 aromatic heterocycles. The number of piperidine rings is 2. The first-order valence-electron chi connectivity index (χ1n) is 7.41. The maximum atomic E-state index is 12.5. The van der Waals surface area contributed by atoms with Crippen LogP contribution in [0.15, 0.2) is 0 Å². The number of amides is 2. The Morgan fingerprint density at radius 3 is 2.40 bits per heavy atom. The molecule has 2 amide bonds. The van der Waals surface area contributed by atoms with Gasteiger partial charge in [0, 0.05) is 25.7 Å². The standard InChI is InChI=1S/C14H24N2O4/c1-11-4-2-3-7-16(11)13(19)15-8-5-14(20,6-9-15)10-12(17)18/h11,20H,2-10H2,1H3,(H,17,18). The average Bonchev–Trinajstić information content (AvgIpc) is 2.38. The molecule has 1 atom stereocenters. The normalized spacial score (nSPS) is 26.4. The van der Waals surface area contributed by atoms with Gasteiger partial charge in [-0.3, -0.25) is 4.79 Å². The fourth-order valence-electron chi connectivity index (χ4n) is 3.14. The molecule has 2 aliphatic rings. The molecule has 2 heterocycles. The minimum absolute atomic E-state index is 0.0366. The van der Waals surface area contributed by atoms with Gasteiger partial charge in [-0.15, -0.1) is 0 Å². The van der Waals surface area contributed by atoms with Crippen LogP contribution in [0.3, 0.4) is 0 Å². The molecule has 0 radical (unpaired) electrons. The van der Waals surface area contributed by atoms with Crippen molar-refractivity contribution in [3.05, 3.63) is 0 Å². The fraction of sp³-hybridized carbons (Fsp3) is 0.857. The van der Waals surface area contributed by atoms with Gasteiger partial charge >= 0.3 is 12.0 Å². The summed E-state index contributed by atoms with van der Waals surface area (Å²) >= 11 is 0. The number of carboxylic acids is 1. The number of hydrogen-bond donors (Lipinski definition) is 2. The number of urea groups is 1. The van der Waals surface area contributed by atoms with E-state index in [0.29, 0.717) is 25.9 Å². The van der Waals surface area contributed by atoms with Crippen LogP contribution < -0.4 is 0 Å². The highest BCUT2D eigenvalue weighted by Gasteiger charge is 2.37. The average molecular weight is 284 g/mol. The first-order valence-corrected chi connectivity index (χ1v) is 7.41. The molecule has 0 spiro atoms. The second kappa shape index (κ2) is 5.99. The predicted molar refractivity (Wildman–Crippen MR) is 73.4 cm³/mol. The molecule has 0 saturated carbocycles. The molecule has 20 heavy (non-hydrogen) atoms. The van der Waals surface area contributed by atoms with Crippen LogP contribution in [0.4, 0.5) is 4.79 Å². The number of carbonyl (C=O) groups is 2. The topological polar surface area (TPSA) is 81.1 Å². The Morgan fingerprint density at radius 2 is 1.85 bits per heavy atom. The second-order valence-electron chi connectivity index (χ2n) is 6.10. The minimum atomic E-state index is -1.16. The van der Waals surface area contributed by atoms with Crippen LogP contribution in [0.2, 0.25) is 0 Å². The third-order valence-electron chi connectivity index (χ3n) is 4.49. The highest BCUT2D eigenvalue weighted by atomic mass is 16.4. The molecule has 1 unspecified atom stereocenters. The third-order valence-corrected chi connectivity index (χ3v) is 4.49. The van der Waals surface area contributed by atoms with Crippen LogP contribution in [0.1, 0.15) is 45.4 Å². The van der Waals surface area contributed by atoms with Crippen LogP contribution >= 0.6 is 0 Å². The molecule has 2 N–H and O–H groups in total. The number of nitrogens with zero attached hydrogens (tertiary/aromatic N) is 2. The molecule has 2 aliphatic heterocycles.